The third-order valence-electron chi connectivity index (χ3n) is 6.36. The molecule has 0 radical (unpaired) electrons. The Bertz CT molecular complexity index is 1250. The molecule has 0 fully saturated rings. The zero-order chi connectivity index (χ0) is 30.1. The molecule has 6 bridgehead atoms. The van der Waals surface area contributed by atoms with E-state index in [0.717, 1.165) is 55.1 Å². The van der Waals surface area contributed by atoms with Gasteiger partial charge in [0.15, 0.2) is 10.2 Å². The van der Waals surface area contributed by atoms with Gasteiger partial charge in [-0.25, -0.2) is 0 Å². The summed E-state index contributed by atoms with van der Waals surface area (Å²) in [5.41, 5.74) is 1.66. The van der Waals surface area contributed by atoms with E-state index < -0.39 is 0 Å². The first kappa shape index (κ1) is 33.0. The van der Waals surface area contributed by atoms with Crippen molar-refractivity contribution in [2.45, 2.75) is 10.2 Å². The highest BCUT2D eigenvalue weighted by Gasteiger charge is 2.08. The second kappa shape index (κ2) is 19.2. The van der Waals surface area contributed by atoms with Crippen molar-refractivity contribution in [3.05, 3.63) is 48.5 Å². The van der Waals surface area contributed by atoms with Crippen LogP contribution in [0.15, 0.2) is 67.5 Å². The van der Waals surface area contributed by atoms with Gasteiger partial charge in [0.05, 0.1) is 79.3 Å². The van der Waals surface area contributed by atoms with Crippen molar-refractivity contribution in [3.8, 4) is 11.5 Å². The van der Waals surface area contributed by atoms with Gasteiger partial charge in [0.2, 0.25) is 0 Å². The third-order valence-corrected chi connectivity index (χ3v) is 8.07. The van der Waals surface area contributed by atoms with Crippen molar-refractivity contribution >= 4 is 45.5 Å². The van der Waals surface area contributed by atoms with Crippen LogP contribution in [0.5, 0.6) is 11.5 Å². The van der Waals surface area contributed by atoms with E-state index in [2.05, 4.69) is 0 Å². The molecule has 0 spiro atoms. The zero-order valence-corrected chi connectivity index (χ0v) is 26.5. The van der Waals surface area contributed by atoms with Crippen LogP contribution in [0.4, 0.5) is 0 Å². The molecule has 2 aromatic heterocycles. The quantitative estimate of drug-likeness (QED) is 0.226. The fraction of sp³-hybridized carbons (Fsp3) is 0.500. The van der Waals surface area contributed by atoms with E-state index >= 15 is 0 Å². The number of rotatable bonds is 0. The Morgan fingerprint density at radius 2 is 0.750 bits per heavy atom. The average Bonchev–Trinajstić information content (AvgIpc) is 3.64. The summed E-state index contributed by atoms with van der Waals surface area (Å²) in [6, 6.07) is 15.7. The molecule has 1 aliphatic rings. The largest absolute Gasteiger partial charge is 0.491 e. The van der Waals surface area contributed by atoms with E-state index in [-0.39, 0.29) is 0 Å². The van der Waals surface area contributed by atoms with E-state index in [4.69, 9.17) is 46.7 Å². The zero-order valence-electron chi connectivity index (χ0n) is 24.8. The lowest BCUT2D eigenvalue weighted by Crippen LogP contribution is -2.14. The predicted octanol–water partition coefficient (Wildman–Crippen LogP) is 5.93. The lowest BCUT2D eigenvalue weighted by atomic mass is 10.2. The number of ether oxygens (including phenoxy) is 8. The van der Waals surface area contributed by atoms with E-state index in [9.17, 15) is 0 Å². The van der Waals surface area contributed by atoms with Crippen LogP contribution in [0.25, 0.3) is 21.9 Å². The number of hydrogen-bond acceptors (Lipinski definition) is 12. The summed E-state index contributed by atoms with van der Waals surface area (Å²) in [5.74, 6) is 3.14. The number of thioether (sulfide) groups is 2. The molecule has 1 aliphatic heterocycles. The lowest BCUT2D eigenvalue weighted by Gasteiger charge is -2.09. The molecular weight excluding hydrogens is 608 g/mol. The molecule has 12 heteroatoms. The van der Waals surface area contributed by atoms with Crippen molar-refractivity contribution in [1.29, 1.82) is 0 Å². The van der Waals surface area contributed by atoms with Crippen molar-refractivity contribution in [3.63, 3.8) is 0 Å². The molecule has 240 valence electrons. The van der Waals surface area contributed by atoms with Crippen LogP contribution in [0, 0.1) is 0 Å². The topological polar surface area (TPSA) is 100 Å². The molecule has 4 aromatic rings. The van der Waals surface area contributed by atoms with Crippen LogP contribution in [0.1, 0.15) is 0 Å². The molecule has 2 aromatic carbocycles. The Balaban J connectivity index is 1.03. The second-order valence-electron chi connectivity index (χ2n) is 9.60. The van der Waals surface area contributed by atoms with Gasteiger partial charge in [0.1, 0.15) is 35.9 Å². The van der Waals surface area contributed by atoms with E-state index in [1.807, 2.05) is 48.5 Å². The average molecular weight is 649 g/mol. The predicted molar refractivity (Wildman–Crippen MR) is 170 cm³/mol. The summed E-state index contributed by atoms with van der Waals surface area (Å²) in [7, 11) is 0. The SMILES string of the molecule is c1cc2oc3cc2cc1OCCOCCOCCOCCOc1ccc2oc(cc2c1)SCCOCCOCCOCCS3. The summed E-state index contributed by atoms with van der Waals surface area (Å²) in [4.78, 5) is 0. The molecule has 10 nitrogen and oxygen atoms in total. The smallest absolute Gasteiger partial charge is 0.161 e. The number of fused-ring (bicyclic) bond motifs is 4. The van der Waals surface area contributed by atoms with Gasteiger partial charge >= 0.3 is 0 Å². The summed E-state index contributed by atoms with van der Waals surface area (Å²) in [6.07, 6.45) is 0. The first-order chi connectivity index (χ1) is 21.8. The van der Waals surface area contributed by atoms with Crippen LogP contribution >= 0.6 is 23.5 Å². The molecule has 3 heterocycles. The monoisotopic (exact) mass is 648 g/mol. The maximum Gasteiger partial charge on any atom is 0.161 e. The van der Waals surface area contributed by atoms with Crippen LogP contribution in [-0.4, -0.2) is 104 Å². The molecule has 5 rings (SSSR count). The molecule has 0 atom stereocenters. The second-order valence-corrected chi connectivity index (χ2v) is 11.8. The minimum atomic E-state index is 0.454. The number of benzene rings is 2. The van der Waals surface area contributed by atoms with Gasteiger partial charge in [-0.15, -0.1) is 0 Å². The van der Waals surface area contributed by atoms with Crippen LogP contribution in [-0.2, 0) is 28.4 Å². The maximum absolute atomic E-state index is 5.93. The van der Waals surface area contributed by atoms with Crippen molar-refractivity contribution in [2.75, 3.05) is 104 Å². The summed E-state index contributed by atoms with van der Waals surface area (Å²) in [5, 5.41) is 3.71. The summed E-state index contributed by atoms with van der Waals surface area (Å²) < 4.78 is 57.3. The Labute approximate surface area is 265 Å². The van der Waals surface area contributed by atoms with Gasteiger partial charge < -0.3 is 46.7 Å². The van der Waals surface area contributed by atoms with E-state index in [1.54, 1.807) is 23.5 Å². The summed E-state index contributed by atoms with van der Waals surface area (Å²) in [6.45, 7) is 7.23. The number of furan rings is 2. The standard InChI is InChI=1S/C32H40O10S2/c1-3-29-25-21-27(1)39-15-13-35-7-5-33-6-8-36-14-16-40-28-2-4-30-26(22-28)24-32(42-30)44-20-18-38-12-10-34-9-11-37-17-19-43-31(23-25)41-29/h1-4,21-24H,5-20H2. The van der Waals surface area contributed by atoms with E-state index in [1.165, 1.54) is 0 Å². The molecule has 0 saturated heterocycles. The molecule has 0 N–H and O–H groups in total. The van der Waals surface area contributed by atoms with Crippen LogP contribution < -0.4 is 9.47 Å². The van der Waals surface area contributed by atoms with E-state index in [0.29, 0.717) is 92.5 Å². The lowest BCUT2D eigenvalue weighted by molar-refractivity contribution is 0.00500. The van der Waals surface area contributed by atoms with Gasteiger partial charge in [0.25, 0.3) is 0 Å². The van der Waals surface area contributed by atoms with Crippen molar-refractivity contribution in [1.82, 2.24) is 0 Å². The summed E-state index contributed by atoms with van der Waals surface area (Å²) >= 11 is 3.24. The first-order valence-corrected chi connectivity index (χ1v) is 16.9. The molecule has 0 amide bonds. The fourth-order valence-electron chi connectivity index (χ4n) is 4.24. The number of hydrogen-bond donors (Lipinski definition) is 0. The third kappa shape index (κ3) is 11.5. The molecular formula is C32H40O10S2. The van der Waals surface area contributed by atoms with Crippen LogP contribution in [0.3, 0.4) is 0 Å². The molecule has 0 unspecified atom stereocenters. The van der Waals surface area contributed by atoms with Gasteiger partial charge in [-0.1, -0.05) is 23.5 Å². The Kier molecular flexibility index (Phi) is 14.4. The van der Waals surface area contributed by atoms with Gasteiger partial charge in [0, 0.05) is 22.3 Å². The maximum atomic E-state index is 5.93. The van der Waals surface area contributed by atoms with Crippen molar-refractivity contribution < 1.29 is 46.7 Å². The highest BCUT2D eigenvalue weighted by Crippen LogP contribution is 2.31. The molecule has 0 aliphatic carbocycles. The Hall–Kier alpha value is -2.42. The Morgan fingerprint density at radius 3 is 1.16 bits per heavy atom. The highest BCUT2D eigenvalue weighted by atomic mass is 32.2. The minimum absolute atomic E-state index is 0.454. The normalized spacial score (nSPS) is 18.9. The van der Waals surface area contributed by atoms with Crippen molar-refractivity contribution in [2.24, 2.45) is 0 Å². The first-order valence-electron chi connectivity index (χ1n) is 14.9. The fourth-order valence-corrected chi connectivity index (χ4v) is 5.76. The molecule has 44 heavy (non-hydrogen) atoms. The minimum Gasteiger partial charge on any atom is -0.491 e. The van der Waals surface area contributed by atoms with Gasteiger partial charge in [-0.2, -0.15) is 0 Å². The Morgan fingerprint density at radius 1 is 0.386 bits per heavy atom. The van der Waals surface area contributed by atoms with Gasteiger partial charge in [-0.3, -0.25) is 0 Å². The molecule has 0 saturated carbocycles. The highest BCUT2D eigenvalue weighted by molar-refractivity contribution is 7.99. The van der Waals surface area contributed by atoms with Gasteiger partial charge in [-0.05, 0) is 48.5 Å². The van der Waals surface area contributed by atoms with Crippen LogP contribution in [0.2, 0.25) is 0 Å².